The molecule has 2 aliphatic rings. The summed E-state index contributed by atoms with van der Waals surface area (Å²) in [5.41, 5.74) is 3.65. The summed E-state index contributed by atoms with van der Waals surface area (Å²) in [5, 5.41) is 1.14. The van der Waals surface area contributed by atoms with Crippen molar-refractivity contribution >= 4 is 28.4 Å². The first-order valence-electron chi connectivity index (χ1n) is 10.7. The predicted octanol–water partition coefficient (Wildman–Crippen LogP) is 4.21. The molecule has 1 N–H and O–H groups in total. The lowest BCUT2D eigenvalue weighted by atomic mass is 9.79. The third-order valence-corrected chi connectivity index (χ3v) is 6.52. The van der Waals surface area contributed by atoms with E-state index in [9.17, 15) is 9.59 Å². The Kier molecular flexibility index (Phi) is 4.07. The van der Waals surface area contributed by atoms with Crippen LogP contribution in [0.15, 0.2) is 48.5 Å². The number of benzene rings is 2. The van der Waals surface area contributed by atoms with Crippen molar-refractivity contribution < 1.29 is 9.59 Å². The normalized spacial score (nSPS) is 20.5. The summed E-state index contributed by atoms with van der Waals surface area (Å²) >= 11 is 0. The maximum absolute atomic E-state index is 14.3. The highest BCUT2D eigenvalue weighted by Crippen LogP contribution is 2.52. The van der Waals surface area contributed by atoms with Crippen molar-refractivity contribution in [2.45, 2.75) is 45.7 Å². The number of para-hydroxylation sites is 2. The zero-order valence-corrected chi connectivity index (χ0v) is 17.9. The molecule has 1 atom stereocenters. The average Bonchev–Trinajstić information content (AvgIpc) is 3.23. The monoisotopic (exact) mass is 401 g/mol. The van der Waals surface area contributed by atoms with Gasteiger partial charge in [-0.15, -0.1) is 0 Å². The number of amides is 2. The highest BCUT2D eigenvalue weighted by atomic mass is 16.2. The smallest absolute Gasteiger partial charge is 0.264 e. The zero-order chi connectivity index (χ0) is 21.2. The van der Waals surface area contributed by atoms with Crippen LogP contribution < -0.4 is 4.90 Å². The van der Waals surface area contributed by atoms with E-state index in [0.29, 0.717) is 6.54 Å². The van der Waals surface area contributed by atoms with Gasteiger partial charge in [-0.25, -0.2) is 0 Å². The molecule has 30 heavy (non-hydrogen) atoms. The van der Waals surface area contributed by atoms with Crippen LogP contribution in [-0.4, -0.2) is 34.3 Å². The van der Waals surface area contributed by atoms with Gasteiger partial charge in [-0.3, -0.25) is 9.59 Å². The number of nitrogens with one attached hydrogen (secondary N) is 1. The van der Waals surface area contributed by atoms with Crippen LogP contribution in [0.25, 0.3) is 10.9 Å². The van der Waals surface area contributed by atoms with Crippen molar-refractivity contribution in [1.29, 1.82) is 0 Å². The molecule has 0 saturated carbocycles. The van der Waals surface area contributed by atoms with E-state index in [2.05, 4.69) is 11.1 Å². The number of hydrogen-bond acceptors (Lipinski definition) is 2. The summed E-state index contributed by atoms with van der Waals surface area (Å²) in [5.74, 6) is -0.228. The van der Waals surface area contributed by atoms with Gasteiger partial charge in [0.15, 0.2) is 5.54 Å². The molecule has 0 radical (unpaired) electrons. The van der Waals surface area contributed by atoms with Crippen molar-refractivity contribution in [2.75, 3.05) is 11.4 Å². The van der Waals surface area contributed by atoms with E-state index in [1.54, 1.807) is 0 Å². The first-order chi connectivity index (χ1) is 14.4. The van der Waals surface area contributed by atoms with Crippen LogP contribution in [0.2, 0.25) is 0 Å². The third-order valence-electron chi connectivity index (χ3n) is 6.52. The molecule has 0 fully saturated rings. The topological polar surface area (TPSA) is 56.4 Å². The molecule has 2 aromatic carbocycles. The number of anilines is 1. The van der Waals surface area contributed by atoms with Crippen molar-refractivity contribution in [3.63, 3.8) is 0 Å². The molecule has 2 aliphatic heterocycles. The maximum Gasteiger partial charge on any atom is 0.264 e. The van der Waals surface area contributed by atoms with Crippen LogP contribution in [0.4, 0.5) is 5.69 Å². The lowest BCUT2D eigenvalue weighted by molar-refractivity contribution is -0.147. The van der Waals surface area contributed by atoms with E-state index in [1.165, 1.54) is 0 Å². The van der Waals surface area contributed by atoms with Crippen molar-refractivity contribution in [2.24, 2.45) is 5.92 Å². The summed E-state index contributed by atoms with van der Waals surface area (Å²) < 4.78 is 0. The molecule has 0 saturated heterocycles. The van der Waals surface area contributed by atoms with Crippen LogP contribution in [-0.2, 0) is 21.5 Å². The van der Waals surface area contributed by atoms with E-state index in [1.807, 2.05) is 80.0 Å². The SMILES string of the molecule is CC(C)C(=O)N1CCc2c([nH]c3ccccc23)[C@@]12C(=O)N(C(C)C)c1ccccc12. The Morgan fingerprint density at radius 3 is 2.47 bits per heavy atom. The fourth-order valence-corrected chi connectivity index (χ4v) is 5.29. The van der Waals surface area contributed by atoms with Gasteiger partial charge in [0.25, 0.3) is 5.91 Å². The quantitative estimate of drug-likeness (QED) is 0.699. The number of carbonyl (C=O) groups is 2. The largest absolute Gasteiger partial charge is 0.355 e. The second kappa shape index (κ2) is 6.46. The standard InChI is InChI=1S/C25H27N3O2/c1-15(2)23(29)27-14-13-18-17-9-5-7-11-20(17)26-22(18)25(27)19-10-6-8-12-21(19)28(16(3)4)24(25)30/h5-12,15-16,26H,13-14H2,1-4H3/t25-/m0/s1. The van der Waals surface area contributed by atoms with E-state index >= 15 is 0 Å². The van der Waals surface area contributed by atoms with Gasteiger partial charge in [0, 0.05) is 35.0 Å². The van der Waals surface area contributed by atoms with Crippen LogP contribution in [0.3, 0.4) is 0 Å². The summed E-state index contributed by atoms with van der Waals surface area (Å²) in [6, 6.07) is 16.1. The first kappa shape index (κ1) is 18.9. The Morgan fingerprint density at radius 2 is 1.73 bits per heavy atom. The van der Waals surface area contributed by atoms with Gasteiger partial charge in [-0.05, 0) is 38.0 Å². The number of hydrogen-bond donors (Lipinski definition) is 1. The molecule has 1 spiro atoms. The predicted molar refractivity (Wildman–Crippen MR) is 118 cm³/mol. The number of aromatic amines is 1. The molecule has 0 bridgehead atoms. The molecule has 0 aliphatic carbocycles. The summed E-state index contributed by atoms with van der Waals surface area (Å²) in [6.07, 6.45) is 0.733. The minimum absolute atomic E-state index is 0.00747. The van der Waals surface area contributed by atoms with Gasteiger partial charge in [-0.1, -0.05) is 50.2 Å². The fourth-order valence-electron chi connectivity index (χ4n) is 5.29. The number of H-pyrrole nitrogens is 1. The second-order valence-corrected chi connectivity index (χ2v) is 8.92. The Bertz CT molecular complexity index is 1180. The summed E-state index contributed by atoms with van der Waals surface area (Å²) in [7, 11) is 0. The molecular formula is C25H27N3O2. The molecule has 154 valence electrons. The maximum atomic E-state index is 14.3. The fraction of sp³-hybridized carbons (Fsp3) is 0.360. The Morgan fingerprint density at radius 1 is 1.03 bits per heavy atom. The molecular weight excluding hydrogens is 374 g/mol. The Labute approximate surface area is 176 Å². The van der Waals surface area contributed by atoms with Crippen molar-refractivity contribution in [1.82, 2.24) is 9.88 Å². The number of rotatable bonds is 2. The molecule has 2 amide bonds. The number of fused-ring (bicyclic) bond motifs is 6. The van der Waals surface area contributed by atoms with Crippen LogP contribution >= 0.6 is 0 Å². The van der Waals surface area contributed by atoms with Crippen LogP contribution in [0.1, 0.15) is 44.5 Å². The van der Waals surface area contributed by atoms with Gasteiger partial charge in [0.05, 0.1) is 11.4 Å². The highest BCUT2D eigenvalue weighted by Gasteiger charge is 2.61. The minimum atomic E-state index is -1.14. The Balaban J connectivity index is 1.89. The number of carbonyl (C=O) groups excluding carboxylic acids is 2. The van der Waals surface area contributed by atoms with E-state index in [-0.39, 0.29) is 23.8 Å². The molecule has 3 heterocycles. The van der Waals surface area contributed by atoms with Gasteiger partial charge in [0.2, 0.25) is 5.91 Å². The number of aromatic nitrogens is 1. The lowest BCUT2D eigenvalue weighted by Gasteiger charge is -2.44. The third kappa shape index (κ3) is 2.23. The van der Waals surface area contributed by atoms with Crippen LogP contribution in [0.5, 0.6) is 0 Å². The number of nitrogens with zero attached hydrogens (tertiary/aromatic N) is 2. The lowest BCUT2D eigenvalue weighted by Crippen LogP contribution is -2.60. The molecule has 5 heteroatoms. The van der Waals surface area contributed by atoms with Gasteiger partial charge >= 0.3 is 0 Å². The minimum Gasteiger partial charge on any atom is -0.355 e. The van der Waals surface area contributed by atoms with Gasteiger partial charge < -0.3 is 14.8 Å². The van der Waals surface area contributed by atoms with E-state index in [0.717, 1.165) is 39.8 Å². The summed E-state index contributed by atoms with van der Waals surface area (Å²) in [6.45, 7) is 8.39. The molecule has 1 aromatic heterocycles. The highest BCUT2D eigenvalue weighted by molar-refractivity contribution is 6.13. The molecule has 3 aromatic rings. The molecule has 5 rings (SSSR count). The molecule has 5 nitrogen and oxygen atoms in total. The second-order valence-electron chi connectivity index (χ2n) is 8.92. The van der Waals surface area contributed by atoms with Crippen molar-refractivity contribution in [3.8, 4) is 0 Å². The van der Waals surface area contributed by atoms with E-state index < -0.39 is 5.54 Å². The Hall–Kier alpha value is -3.08. The van der Waals surface area contributed by atoms with Gasteiger partial charge in [-0.2, -0.15) is 0 Å². The van der Waals surface area contributed by atoms with Gasteiger partial charge in [0.1, 0.15) is 0 Å². The zero-order valence-electron chi connectivity index (χ0n) is 17.9. The summed E-state index contributed by atoms with van der Waals surface area (Å²) in [4.78, 5) is 35.0. The first-order valence-corrected chi connectivity index (χ1v) is 10.7. The average molecular weight is 402 g/mol. The van der Waals surface area contributed by atoms with E-state index in [4.69, 9.17) is 0 Å². The van der Waals surface area contributed by atoms with Crippen molar-refractivity contribution in [3.05, 3.63) is 65.4 Å². The molecule has 0 unspecified atom stereocenters. The van der Waals surface area contributed by atoms with Crippen LogP contribution in [0, 0.1) is 5.92 Å².